The van der Waals surface area contributed by atoms with E-state index in [1.54, 1.807) is 48.7 Å². The number of aromatic nitrogens is 1. The van der Waals surface area contributed by atoms with Crippen LogP contribution in [0.25, 0.3) is 0 Å². The molecule has 3 aromatic rings. The Morgan fingerprint density at radius 3 is 2.67 bits per heavy atom. The van der Waals surface area contributed by atoms with E-state index in [2.05, 4.69) is 15.6 Å². The normalized spacial score (nSPS) is 10.4. The third-order valence-electron chi connectivity index (χ3n) is 3.88. The summed E-state index contributed by atoms with van der Waals surface area (Å²) in [4.78, 5) is 28.4. The molecule has 0 aliphatic heterocycles. The number of benzene rings is 2. The van der Waals surface area contributed by atoms with Gasteiger partial charge in [-0.15, -0.1) is 11.3 Å². The summed E-state index contributed by atoms with van der Waals surface area (Å²) in [6, 6.07) is 13.7. The topological polar surface area (TPSA) is 71.1 Å². The second-order valence-corrected chi connectivity index (χ2v) is 6.86. The van der Waals surface area contributed by atoms with Crippen molar-refractivity contribution in [1.82, 2.24) is 10.3 Å². The molecule has 0 saturated carbocycles. The van der Waals surface area contributed by atoms with E-state index in [9.17, 15) is 14.0 Å². The molecule has 3 rings (SSSR count). The van der Waals surface area contributed by atoms with Crippen molar-refractivity contribution in [2.24, 2.45) is 0 Å². The van der Waals surface area contributed by atoms with E-state index in [4.69, 9.17) is 0 Å². The zero-order chi connectivity index (χ0) is 19.2. The summed E-state index contributed by atoms with van der Waals surface area (Å²) < 4.78 is 13.5. The smallest absolute Gasteiger partial charge is 0.257 e. The van der Waals surface area contributed by atoms with Crippen LogP contribution in [0.2, 0.25) is 0 Å². The molecule has 7 heteroatoms. The number of nitrogens with zero attached hydrogens (tertiary/aromatic N) is 1. The van der Waals surface area contributed by atoms with Crippen LogP contribution in [0.5, 0.6) is 0 Å². The van der Waals surface area contributed by atoms with Gasteiger partial charge in [0.15, 0.2) is 5.13 Å². The van der Waals surface area contributed by atoms with Gasteiger partial charge in [0, 0.05) is 17.5 Å². The van der Waals surface area contributed by atoms with E-state index in [1.807, 2.05) is 6.07 Å². The van der Waals surface area contributed by atoms with Crippen LogP contribution in [-0.4, -0.2) is 16.8 Å². The number of rotatable bonds is 6. The molecule has 138 valence electrons. The molecular formula is C20H18FN3O2S. The zero-order valence-electron chi connectivity index (χ0n) is 14.7. The molecule has 0 aliphatic carbocycles. The second-order valence-electron chi connectivity index (χ2n) is 6.00. The molecule has 0 unspecified atom stereocenters. The van der Waals surface area contributed by atoms with Gasteiger partial charge < -0.3 is 5.32 Å². The van der Waals surface area contributed by atoms with Gasteiger partial charge >= 0.3 is 0 Å². The lowest BCUT2D eigenvalue weighted by atomic mass is 10.1. The van der Waals surface area contributed by atoms with Crippen LogP contribution >= 0.6 is 11.3 Å². The monoisotopic (exact) mass is 383 g/mol. The summed E-state index contributed by atoms with van der Waals surface area (Å²) >= 11 is 1.26. The van der Waals surface area contributed by atoms with Crippen LogP contribution in [-0.2, 0) is 17.8 Å². The highest BCUT2D eigenvalue weighted by atomic mass is 32.1. The maximum absolute atomic E-state index is 13.5. The maximum atomic E-state index is 13.5. The largest absolute Gasteiger partial charge is 0.352 e. The summed E-state index contributed by atoms with van der Waals surface area (Å²) in [5.41, 5.74) is 2.37. The van der Waals surface area contributed by atoms with Gasteiger partial charge in [0.1, 0.15) is 5.82 Å². The molecule has 27 heavy (non-hydrogen) atoms. The van der Waals surface area contributed by atoms with Crippen LogP contribution in [0.15, 0.2) is 53.9 Å². The van der Waals surface area contributed by atoms with Crippen LogP contribution in [0.4, 0.5) is 9.52 Å². The molecule has 0 bridgehead atoms. The minimum absolute atomic E-state index is 0.0893. The van der Waals surface area contributed by atoms with Gasteiger partial charge in [0.2, 0.25) is 5.91 Å². The molecular weight excluding hydrogens is 365 g/mol. The van der Waals surface area contributed by atoms with Crippen molar-refractivity contribution in [2.75, 3.05) is 5.32 Å². The molecule has 0 fully saturated rings. The van der Waals surface area contributed by atoms with Crippen molar-refractivity contribution in [1.29, 1.82) is 0 Å². The number of aryl methyl sites for hydroxylation is 1. The SMILES string of the molecule is Cc1ccc(CNC(=O)Cc2csc(NC(=O)c3ccccc3)n2)cc1F. The lowest BCUT2D eigenvalue weighted by molar-refractivity contribution is -0.120. The van der Waals surface area contributed by atoms with Crippen LogP contribution in [0, 0.1) is 12.7 Å². The van der Waals surface area contributed by atoms with E-state index < -0.39 is 0 Å². The first-order chi connectivity index (χ1) is 13.0. The molecule has 0 spiro atoms. The lowest BCUT2D eigenvalue weighted by Gasteiger charge is -2.05. The van der Waals surface area contributed by atoms with Crippen LogP contribution in [0.1, 0.15) is 27.2 Å². The number of carbonyl (C=O) groups excluding carboxylic acids is 2. The number of halogens is 1. The quantitative estimate of drug-likeness (QED) is 0.682. The van der Waals surface area contributed by atoms with Gasteiger partial charge in [0.05, 0.1) is 12.1 Å². The number of carbonyl (C=O) groups is 2. The Morgan fingerprint density at radius 2 is 1.93 bits per heavy atom. The summed E-state index contributed by atoms with van der Waals surface area (Å²) in [6.07, 6.45) is 0.0893. The Hall–Kier alpha value is -3.06. The molecule has 1 aromatic heterocycles. The fourth-order valence-electron chi connectivity index (χ4n) is 2.38. The second kappa shape index (κ2) is 8.55. The first kappa shape index (κ1) is 18.7. The summed E-state index contributed by atoms with van der Waals surface area (Å²) in [6.45, 7) is 1.94. The summed E-state index contributed by atoms with van der Waals surface area (Å²) in [5.74, 6) is -0.760. The highest BCUT2D eigenvalue weighted by molar-refractivity contribution is 7.14. The van der Waals surface area contributed by atoms with Gasteiger partial charge in [-0.3, -0.25) is 14.9 Å². The molecule has 0 aliphatic rings. The van der Waals surface area contributed by atoms with Gasteiger partial charge in [-0.05, 0) is 36.2 Å². The molecule has 5 nitrogen and oxygen atoms in total. The Kier molecular flexibility index (Phi) is 5.93. The molecule has 2 N–H and O–H groups in total. The predicted octanol–water partition coefficient (Wildman–Crippen LogP) is 3.70. The van der Waals surface area contributed by atoms with E-state index in [0.29, 0.717) is 27.5 Å². The number of hydrogen-bond acceptors (Lipinski definition) is 4. The van der Waals surface area contributed by atoms with Crippen LogP contribution < -0.4 is 10.6 Å². The molecule has 0 radical (unpaired) electrons. The van der Waals surface area contributed by atoms with Crippen molar-refractivity contribution in [2.45, 2.75) is 19.9 Å². The number of hydrogen-bond donors (Lipinski definition) is 2. The average molecular weight is 383 g/mol. The van der Waals surface area contributed by atoms with Crippen molar-refractivity contribution in [3.63, 3.8) is 0 Å². The molecule has 0 saturated heterocycles. The number of thiazole rings is 1. The molecule has 2 amide bonds. The maximum Gasteiger partial charge on any atom is 0.257 e. The Morgan fingerprint density at radius 1 is 1.15 bits per heavy atom. The van der Waals surface area contributed by atoms with Crippen molar-refractivity contribution < 1.29 is 14.0 Å². The number of anilines is 1. The highest BCUT2D eigenvalue weighted by Gasteiger charge is 2.11. The minimum atomic E-state index is -0.292. The van der Waals surface area contributed by atoms with Gasteiger partial charge in [-0.25, -0.2) is 9.37 Å². The average Bonchev–Trinajstić information content (AvgIpc) is 3.10. The highest BCUT2D eigenvalue weighted by Crippen LogP contribution is 2.17. The first-order valence-corrected chi connectivity index (χ1v) is 9.22. The first-order valence-electron chi connectivity index (χ1n) is 8.34. The van der Waals surface area contributed by atoms with E-state index in [1.165, 1.54) is 17.4 Å². The van der Waals surface area contributed by atoms with Gasteiger partial charge in [-0.2, -0.15) is 0 Å². The fraction of sp³-hybridized carbons (Fsp3) is 0.150. The predicted molar refractivity (Wildman–Crippen MR) is 103 cm³/mol. The van der Waals surface area contributed by atoms with Crippen molar-refractivity contribution in [3.8, 4) is 0 Å². The third-order valence-corrected chi connectivity index (χ3v) is 4.68. The van der Waals surface area contributed by atoms with E-state index >= 15 is 0 Å². The summed E-state index contributed by atoms with van der Waals surface area (Å²) in [5, 5.41) is 7.62. The Bertz CT molecular complexity index is 957. The number of nitrogens with one attached hydrogen (secondary N) is 2. The van der Waals surface area contributed by atoms with Gasteiger partial charge in [-0.1, -0.05) is 30.3 Å². The summed E-state index contributed by atoms with van der Waals surface area (Å²) in [7, 11) is 0. The van der Waals surface area contributed by atoms with Gasteiger partial charge in [0.25, 0.3) is 5.91 Å². The van der Waals surface area contributed by atoms with Crippen molar-refractivity contribution in [3.05, 3.63) is 82.1 Å². The third kappa shape index (κ3) is 5.21. The molecule has 0 atom stereocenters. The fourth-order valence-corrected chi connectivity index (χ4v) is 3.08. The Balaban J connectivity index is 1.51. The molecule has 2 aromatic carbocycles. The molecule has 1 heterocycles. The van der Waals surface area contributed by atoms with E-state index in [-0.39, 0.29) is 30.6 Å². The standard InChI is InChI=1S/C20H18FN3O2S/c1-13-7-8-14(9-17(13)21)11-22-18(25)10-16-12-27-20(23-16)24-19(26)15-5-3-2-4-6-15/h2-9,12H,10-11H2,1H3,(H,22,25)(H,23,24,26). The van der Waals surface area contributed by atoms with Crippen LogP contribution in [0.3, 0.4) is 0 Å². The lowest BCUT2D eigenvalue weighted by Crippen LogP contribution is -2.24. The minimum Gasteiger partial charge on any atom is -0.352 e. The Labute approximate surface area is 160 Å². The zero-order valence-corrected chi connectivity index (χ0v) is 15.5. The van der Waals surface area contributed by atoms with E-state index in [0.717, 1.165) is 0 Å². The van der Waals surface area contributed by atoms with Crippen molar-refractivity contribution >= 4 is 28.3 Å². The number of amides is 2.